The summed E-state index contributed by atoms with van der Waals surface area (Å²) < 4.78 is 24.1. The van der Waals surface area contributed by atoms with E-state index in [9.17, 15) is 9.36 Å². The third kappa shape index (κ3) is 6.15. The van der Waals surface area contributed by atoms with Gasteiger partial charge in [0.15, 0.2) is 0 Å². The highest BCUT2D eigenvalue weighted by atomic mass is 31.2. The minimum absolute atomic E-state index is 0.179. The molecule has 134 valence electrons. The Morgan fingerprint density at radius 3 is 2.00 bits per heavy atom. The highest BCUT2D eigenvalue weighted by Gasteiger charge is 2.36. The number of esters is 1. The third-order valence-electron chi connectivity index (χ3n) is 3.95. The van der Waals surface area contributed by atoms with Crippen LogP contribution in [0.4, 0.5) is 0 Å². The molecule has 2 atom stereocenters. The zero-order valence-corrected chi connectivity index (χ0v) is 15.7. The van der Waals surface area contributed by atoms with E-state index in [1.165, 1.54) is 6.66 Å². The molecule has 0 aliphatic heterocycles. The van der Waals surface area contributed by atoms with E-state index in [2.05, 4.69) is 0 Å². The van der Waals surface area contributed by atoms with Gasteiger partial charge in [-0.2, -0.15) is 0 Å². The molecule has 0 aromatic heterocycles. The van der Waals surface area contributed by atoms with Crippen LogP contribution in [-0.2, 0) is 31.8 Å². The Kier molecular flexibility index (Phi) is 7.42. The molecule has 0 N–H and O–H groups in total. The first kappa shape index (κ1) is 19.4. The number of carbonyl (C=O) groups excluding carboxylic acids is 1. The summed E-state index contributed by atoms with van der Waals surface area (Å²) in [4.78, 5) is 12.5. The molecule has 0 bridgehead atoms. The van der Waals surface area contributed by atoms with Gasteiger partial charge in [-0.15, -0.1) is 0 Å². The zero-order valence-electron chi connectivity index (χ0n) is 14.8. The van der Waals surface area contributed by atoms with Gasteiger partial charge in [-0.25, -0.2) is 0 Å². The molecule has 0 aliphatic rings. The first-order valence-corrected chi connectivity index (χ1v) is 10.6. The molecule has 0 aliphatic carbocycles. The van der Waals surface area contributed by atoms with Crippen LogP contribution in [0.3, 0.4) is 0 Å². The van der Waals surface area contributed by atoms with E-state index in [4.69, 9.17) is 9.26 Å². The largest absolute Gasteiger partial charge is 0.460 e. The van der Waals surface area contributed by atoms with Crippen LogP contribution in [0.5, 0.6) is 0 Å². The first-order valence-electron chi connectivity index (χ1n) is 8.49. The minimum atomic E-state index is -3.14. The highest BCUT2D eigenvalue weighted by Crippen LogP contribution is 2.51. The van der Waals surface area contributed by atoms with Gasteiger partial charge in [-0.3, -0.25) is 9.36 Å². The predicted octanol–water partition coefficient (Wildman–Crippen LogP) is 5.02. The van der Waals surface area contributed by atoms with Crippen LogP contribution in [-0.4, -0.2) is 18.3 Å². The molecular weight excluding hydrogens is 335 g/mol. The third-order valence-corrected chi connectivity index (χ3v) is 6.20. The number of rotatable bonds is 9. The van der Waals surface area contributed by atoms with Crippen molar-refractivity contribution < 1.29 is 18.6 Å². The molecular formula is C20H25O4P. The summed E-state index contributed by atoms with van der Waals surface area (Å²) in [6, 6.07) is 19.0. The second-order valence-corrected chi connectivity index (χ2v) is 8.76. The van der Waals surface area contributed by atoms with Crippen LogP contribution in [0, 0.1) is 0 Å². The molecule has 2 rings (SSSR count). The average molecular weight is 360 g/mol. The van der Waals surface area contributed by atoms with Gasteiger partial charge in [-0.05, 0) is 17.5 Å². The first-order chi connectivity index (χ1) is 12.0. The van der Waals surface area contributed by atoms with E-state index in [1.807, 2.05) is 67.6 Å². The van der Waals surface area contributed by atoms with E-state index in [1.54, 1.807) is 0 Å². The van der Waals surface area contributed by atoms with Crippen molar-refractivity contribution in [1.29, 1.82) is 0 Å². The van der Waals surface area contributed by atoms with Crippen molar-refractivity contribution in [3.8, 4) is 0 Å². The summed E-state index contributed by atoms with van der Waals surface area (Å²) in [5.41, 5.74) is 1.10. The lowest BCUT2D eigenvalue weighted by Crippen LogP contribution is -2.24. The maximum atomic E-state index is 13.0. The molecule has 2 aromatic rings. The molecule has 0 saturated carbocycles. The van der Waals surface area contributed by atoms with Gasteiger partial charge in [0.25, 0.3) is 0 Å². The van der Waals surface area contributed by atoms with Crippen molar-refractivity contribution in [3.05, 3.63) is 71.8 Å². The monoisotopic (exact) mass is 360 g/mol. The van der Waals surface area contributed by atoms with Gasteiger partial charge in [0, 0.05) is 6.66 Å². The maximum absolute atomic E-state index is 13.0. The quantitative estimate of drug-likeness (QED) is 0.465. The Balaban J connectivity index is 1.98. The molecule has 0 amide bonds. The minimum Gasteiger partial charge on any atom is -0.460 e. The number of hydrogen-bond donors (Lipinski definition) is 0. The van der Waals surface area contributed by atoms with E-state index in [0.29, 0.717) is 6.42 Å². The lowest BCUT2D eigenvalue weighted by molar-refractivity contribution is -0.144. The molecule has 0 radical (unpaired) electrons. The van der Waals surface area contributed by atoms with Crippen LogP contribution in [0.25, 0.3) is 0 Å². The number of carbonyl (C=O) groups is 1. The van der Waals surface area contributed by atoms with Gasteiger partial charge >= 0.3 is 5.97 Å². The summed E-state index contributed by atoms with van der Waals surface area (Å²) >= 11 is 0. The molecule has 0 spiro atoms. The van der Waals surface area contributed by atoms with Crippen LogP contribution in [0.1, 0.15) is 30.9 Å². The molecule has 4 nitrogen and oxygen atoms in total. The smallest absolute Gasteiger partial charge is 0.319 e. The molecule has 25 heavy (non-hydrogen) atoms. The second-order valence-electron chi connectivity index (χ2n) is 6.07. The number of ether oxygens (including phenoxy) is 1. The average Bonchev–Trinajstić information content (AvgIpc) is 2.64. The van der Waals surface area contributed by atoms with E-state index in [0.717, 1.165) is 17.5 Å². The zero-order chi connectivity index (χ0) is 18.1. The Morgan fingerprint density at radius 2 is 1.48 bits per heavy atom. The Morgan fingerprint density at radius 1 is 0.960 bits per heavy atom. The summed E-state index contributed by atoms with van der Waals surface area (Å²) in [5.74, 6) is -0.454. The molecule has 2 aromatic carbocycles. The van der Waals surface area contributed by atoms with Gasteiger partial charge in [0.2, 0.25) is 7.37 Å². The van der Waals surface area contributed by atoms with Crippen molar-refractivity contribution in [3.63, 3.8) is 0 Å². The molecule has 2 unspecified atom stereocenters. The molecule has 0 fully saturated rings. The Bertz CT molecular complexity index is 700. The van der Waals surface area contributed by atoms with Crippen LogP contribution in [0.2, 0.25) is 0 Å². The summed E-state index contributed by atoms with van der Waals surface area (Å²) in [6.45, 7) is 3.88. The van der Waals surface area contributed by atoms with Crippen molar-refractivity contribution in [2.75, 3.05) is 6.66 Å². The number of hydrogen-bond acceptors (Lipinski definition) is 4. The molecule has 5 heteroatoms. The summed E-state index contributed by atoms with van der Waals surface area (Å²) in [6.07, 6.45) is 1.22. The molecule has 0 saturated heterocycles. The highest BCUT2D eigenvalue weighted by molar-refractivity contribution is 7.59. The SMILES string of the molecule is CCCC(C(=O)OCc1ccccc1)P(C)(=O)OCc1ccccc1. The van der Waals surface area contributed by atoms with Crippen molar-refractivity contribution in [2.45, 2.75) is 38.6 Å². The van der Waals surface area contributed by atoms with Gasteiger partial charge in [0.1, 0.15) is 12.3 Å². The predicted molar refractivity (Wildman–Crippen MR) is 99.7 cm³/mol. The van der Waals surface area contributed by atoms with E-state index < -0.39 is 19.0 Å². The Labute approximate surface area is 149 Å². The fraction of sp³-hybridized carbons (Fsp3) is 0.350. The second kappa shape index (κ2) is 9.55. The Hall–Kier alpha value is -1.90. The standard InChI is InChI=1S/C20H25O4P/c1-3-10-19(20(21)23-15-17-11-6-4-7-12-17)25(2,22)24-16-18-13-8-5-9-14-18/h4-9,11-14,19H,3,10,15-16H2,1-2H3. The number of benzene rings is 2. The van der Waals surface area contributed by atoms with E-state index in [-0.39, 0.29) is 13.2 Å². The van der Waals surface area contributed by atoms with Crippen molar-refractivity contribution >= 4 is 13.3 Å². The van der Waals surface area contributed by atoms with Crippen LogP contribution < -0.4 is 0 Å². The van der Waals surface area contributed by atoms with Crippen molar-refractivity contribution in [1.82, 2.24) is 0 Å². The van der Waals surface area contributed by atoms with Gasteiger partial charge in [0.05, 0.1) is 6.61 Å². The normalized spacial score (nSPS) is 14.5. The topological polar surface area (TPSA) is 52.6 Å². The lowest BCUT2D eigenvalue weighted by atomic mass is 10.2. The lowest BCUT2D eigenvalue weighted by Gasteiger charge is -2.23. The fourth-order valence-electron chi connectivity index (χ4n) is 2.51. The van der Waals surface area contributed by atoms with Crippen molar-refractivity contribution in [2.24, 2.45) is 0 Å². The fourth-order valence-corrected chi connectivity index (χ4v) is 4.28. The van der Waals surface area contributed by atoms with E-state index >= 15 is 0 Å². The van der Waals surface area contributed by atoms with Gasteiger partial charge < -0.3 is 9.26 Å². The summed E-state index contributed by atoms with van der Waals surface area (Å²) in [5, 5.41) is 0. The van der Waals surface area contributed by atoms with Gasteiger partial charge in [-0.1, -0.05) is 74.0 Å². The summed E-state index contributed by atoms with van der Waals surface area (Å²) in [7, 11) is -3.14. The molecule has 0 heterocycles. The maximum Gasteiger partial charge on any atom is 0.319 e. The van der Waals surface area contributed by atoms with Crippen LogP contribution >= 0.6 is 7.37 Å². The van der Waals surface area contributed by atoms with Crippen LogP contribution in [0.15, 0.2) is 60.7 Å².